The van der Waals surface area contributed by atoms with Crippen molar-refractivity contribution in [1.29, 1.82) is 0 Å². The number of ether oxygens (including phenoxy) is 2. The Bertz CT molecular complexity index is 1060. The second kappa shape index (κ2) is 10.6. The van der Waals surface area contributed by atoms with E-state index < -0.39 is 39.6 Å². The molecule has 2 atom stereocenters. The molecule has 0 aliphatic carbocycles. The summed E-state index contributed by atoms with van der Waals surface area (Å²) in [6, 6.07) is 6.20. The van der Waals surface area contributed by atoms with Crippen molar-refractivity contribution in [3.8, 4) is 11.5 Å². The molecule has 2 aromatic rings. The Hall–Kier alpha value is -2.88. The van der Waals surface area contributed by atoms with Crippen LogP contribution in [0.2, 0.25) is 0 Å². The molecule has 0 aliphatic rings. The third kappa shape index (κ3) is 6.09. The molecular weight excluding hydrogens is 442 g/mol. The van der Waals surface area contributed by atoms with Gasteiger partial charge in [-0.3, -0.25) is 9.10 Å². The summed E-state index contributed by atoms with van der Waals surface area (Å²) < 4.78 is 63.6. The van der Waals surface area contributed by atoms with Crippen molar-refractivity contribution in [2.24, 2.45) is 0 Å². The van der Waals surface area contributed by atoms with Crippen LogP contribution in [0.1, 0.15) is 39.3 Å². The number of hydrogen-bond donors (Lipinski definition) is 1. The van der Waals surface area contributed by atoms with E-state index in [0.29, 0.717) is 24.7 Å². The van der Waals surface area contributed by atoms with Crippen LogP contribution in [0.4, 0.5) is 14.5 Å². The highest BCUT2D eigenvalue weighted by Gasteiger charge is 2.30. The van der Waals surface area contributed by atoms with E-state index in [0.717, 1.165) is 34.3 Å². The SMILES string of the molecule is CCOc1ccc([C@@H](C)NC(=O)[C@@H](C)N(c2ccc(F)c(F)c2)S(C)(=O)=O)cc1OCC. The number of amides is 1. The summed E-state index contributed by atoms with van der Waals surface area (Å²) in [5, 5.41) is 2.76. The fourth-order valence-corrected chi connectivity index (χ4v) is 4.35. The minimum atomic E-state index is -3.97. The van der Waals surface area contributed by atoms with Gasteiger partial charge in [0, 0.05) is 6.07 Å². The van der Waals surface area contributed by atoms with Gasteiger partial charge in [-0.05, 0) is 57.5 Å². The van der Waals surface area contributed by atoms with Crippen molar-refractivity contribution in [3.05, 3.63) is 53.6 Å². The molecule has 0 spiro atoms. The number of benzene rings is 2. The fraction of sp³-hybridized carbons (Fsp3) is 0.409. The molecule has 10 heteroatoms. The van der Waals surface area contributed by atoms with Gasteiger partial charge in [-0.2, -0.15) is 0 Å². The van der Waals surface area contributed by atoms with Crippen LogP contribution < -0.4 is 19.1 Å². The number of carbonyl (C=O) groups excluding carboxylic acids is 1. The molecule has 1 amide bonds. The molecule has 0 fully saturated rings. The Morgan fingerprint density at radius 2 is 1.62 bits per heavy atom. The Balaban J connectivity index is 2.27. The van der Waals surface area contributed by atoms with Gasteiger partial charge in [0.05, 0.1) is 31.2 Å². The van der Waals surface area contributed by atoms with E-state index in [4.69, 9.17) is 9.47 Å². The van der Waals surface area contributed by atoms with Gasteiger partial charge in [0.25, 0.3) is 0 Å². The molecule has 0 radical (unpaired) electrons. The Labute approximate surface area is 187 Å². The largest absolute Gasteiger partial charge is 0.490 e. The van der Waals surface area contributed by atoms with Crippen LogP contribution in [0.15, 0.2) is 36.4 Å². The fourth-order valence-electron chi connectivity index (χ4n) is 3.19. The first-order valence-electron chi connectivity index (χ1n) is 10.1. The Morgan fingerprint density at radius 1 is 1.00 bits per heavy atom. The lowest BCUT2D eigenvalue weighted by molar-refractivity contribution is -0.122. The first kappa shape index (κ1) is 25.4. The standard InChI is InChI=1S/C22H28F2N2O5S/c1-6-30-20-11-8-16(12-21(20)31-7-2)14(3)25-22(27)15(4)26(32(5,28)29)17-9-10-18(23)19(24)13-17/h8-15H,6-7H2,1-5H3,(H,25,27)/t14-,15-/m1/s1. The van der Waals surface area contributed by atoms with Crippen LogP contribution in [-0.4, -0.2) is 39.8 Å². The van der Waals surface area contributed by atoms with Crippen molar-refractivity contribution in [2.75, 3.05) is 23.8 Å². The predicted octanol–water partition coefficient (Wildman–Crippen LogP) is 3.79. The lowest BCUT2D eigenvalue weighted by Gasteiger charge is -2.29. The lowest BCUT2D eigenvalue weighted by atomic mass is 10.1. The first-order chi connectivity index (χ1) is 15.0. The van der Waals surface area contributed by atoms with Crippen LogP contribution in [0.3, 0.4) is 0 Å². The maximum atomic E-state index is 13.7. The van der Waals surface area contributed by atoms with E-state index in [1.54, 1.807) is 25.1 Å². The number of rotatable bonds is 10. The topological polar surface area (TPSA) is 84.9 Å². The molecule has 1 N–H and O–H groups in total. The van der Waals surface area contributed by atoms with Gasteiger partial charge in [0.1, 0.15) is 6.04 Å². The molecule has 0 unspecified atom stereocenters. The van der Waals surface area contributed by atoms with Gasteiger partial charge in [-0.1, -0.05) is 6.07 Å². The second-order valence-corrected chi connectivity index (χ2v) is 9.00. The van der Waals surface area contributed by atoms with Gasteiger partial charge >= 0.3 is 0 Å². The molecule has 0 heterocycles. The molecule has 2 aromatic carbocycles. The highest BCUT2D eigenvalue weighted by atomic mass is 32.2. The third-order valence-electron chi connectivity index (χ3n) is 4.67. The smallest absolute Gasteiger partial charge is 0.244 e. The molecule has 7 nitrogen and oxygen atoms in total. The van der Waals surface area contributed by atoms with Crippen molar-refractivity contribution in [3.63, 3.8) is 0 Å². The predicted molar refractivity (Wildman–Crippen MR) is 118 cm³/mol. The van der Waals surface area contributed by atoms with Crippen molar-refractivity contribution < 1.29 is 31.5 Å². The molecule has 0 bridgehead atoms. The zero-order valence-electron chi connectivity index (χ0n) is 18.7. The summed E-state index contributed by atoms with van der Waals surface area (Å²) in [5.74, 6) is -1.84. The number of nitrogens with zero attached hydrogens (tertiary/aromatic N) is 1. The Kier molecular flexibility index (Phi) is 8.43. The molecule has 0 aliphatic heterocycles. The van der Waals surface area contributed by atoms with Crippen LogP contribution in [0.25, 0.3) is 0 Å². The maximum absolute atomic E-state index is 13.7. The zero-order chi connectivity index (χ0) is 24.1. The molecule has 176 valence electrons. The number of nitrogens with one attached hydrogen (secondary N) is 1. The van der Waals surface area contributed by atoms with E-state index in [1.807, 2.05) is 13.8 Å². The minimum Gasteiger partial charge on any atom is -0.490 e. The van der Waals surface area contributed by atoms with Gasteiger partial charge < -0.3 is 14.8 Å². The molecule has 0 saturated heterocycles. The van der Waals surface area contributed by atoms with E-state index in [-0.39, 0.29) is 5.69 Å². The van der Waals surface area contributed by atoms with Gasteiger partial charge in [-0.25, -0.2) is 17.2 Å². The van der Waals surface area contributed by atoms with Gasteiger partial charge in [-0.15, -0.1) is 0 Å². The normalized spacial score (nSPS) is 13.2. The van der Waals surface area contributed by atoms with Crippen molar-refractivity contribution >= 4 is 21.6 Å². The number of sulfonamides is 1. The van der Waals surface area contributed by atoms with Gasteiger partial charge in [0.2, 0.25) is 15.9 Å². The summed E-state index contributed by atoms with van der Waals surface area (Å²) in [7, 11) is -3.97. The molecule has 0 saturated carbocycles. The minimum absolute atomic E-state index is 0.151. The zero-order valence-corrected chi connectivity index (χ0v) is 19.5. The van der Waals surface area contributed by atoms with E-state index >= 15 is 0 Å². The average molecular weight is 471 g/mol. The number of halogens is 2. The highest BCUT2D eigenvalue weighted by Crippen LogP contribution is 2.31. The number of anilines is 1. The number of carbonyl (C=O) groups is 1. The summed E-state index contributed by atoms with van der Waals surface area (Å²) >= 11 is 0. The van der Waals surface area contributed by atoms with E-state index in [9.17, 15) is 22.0 Å². The molecule has 32 heavy (non-hydrogen) atoms. The second-order valence-electron chi connectivity index (χ2n) is 7.14. The lowest BCUT2D eigenvalue weighted by Crippen LogP contribution is -2.48. The molecule has 0 aromatic heterocycles. The van der Waals surface area contributed by atoms with Gasteiger partial charge in [0.15, 0.2) is 23.1 Å². The monoisotopic (exact) mass is 470 g/mol. The average Bonchev–Trinajstić information content (AvgIpc) is 2.71. The van der Waals surface area contributed by atoms with Crippen LogP contribution in [0.5, 0.6) is 11.5 Å². The van der Waals surface area contributed by atoms with Crippen LogP contribution in [-0.2, 0) is 14.8 Å². The highest BCUT2D eigenvalue weighted by molar-refractivity contribution is 7.92. The van der Waals surface area contributed by atoms with Crippen LogP contribution in [0, 0.1) is 11.6 Å². The summed E-state index contributed by atoms with van der Waals surface area (Å²) in [6.07, 6.45) is 0.891. The van der Waals surface area contributed by atoms with Crippen molar-refractivity contribution in [2.45, 2.75) is 39.8 Å². The number of hydrogen-bond acceptors (Lipinski definition) is 5. The summed E-state index contributed by atoms with van der Waals surface area (Å²) in [5.41, 5.74) is 0.567. The summed E-state index contributed by atoms with van der Waals surface area (Å²) in [6.45, 7) is 7.70. The third-order valence-corrected chi connectivity index (χ3v) is 5.91. The van der Waals surface area contributed by atoms with E-state index in [2.05, 4.69) is 5.32 Å². The quantitative estimate of drug-likeness (QED) is 0.571. The maximum Gasteiger partial charge on any atom is 0.244 e. The van der Waals surface area contributed by atoms with Crippen LogP contribution >= 0.6 is 0 Å². The van der Waals surface area contributed by atoms with Crippen molar-refractivity contribution in [1.82, 2.24) is 5.32 Å². The molecular formula is C22H28F2N2O5S. The first-order valence-corrected chi connectivity index (χ1v) is 12.0. The van der Waals surface area contributed by atoms with E-state index in [1.165, 1.54) is 6.92 Å². The Morgan fingerprint density at radius 3 is 2.19 bits per heavy atom. The summed E-state index contributed by atoms with van der Waals surface area (Å²) in [4.78, 5) is 12.9. The molecule has 2 rings (SSSR count).